The van der Waals surface area contributed by atoms with E-state index in [0.717, 1.165) is 0 Å². The Kier molecular flexibility index (Phi) is 7.65. The van der Waals surface area contributed by atoms with Crippen molar-refractivity contribution in [3.8, 4) is 0 Å². The fraction of sp³-hybridized carbons (Fsp3) is 0.333. The molecule has 0 heterocycles. The molecule has 0 radical (unpaired) electrons. The monoisotopic (exact) mass is 328 g/mol. The van der Waals surface area contributed by atoms with E-state index in [2.05, 4.69) is 15.8 Å². The van der Waals surface area contributed by atoms with Crippen LogP contribution < -0.4 is 10.7 Å². The molecule has 9 heteroatoms. The molecular formula is C12H16N4O3S2. The number of thiocarbonyl (C=S) groups is 1. The number of benzene rings is 1. The summed E-state index contributed by atoms with van der Waals surface area (Å²) in [7, 11) is 0. The van der Waals surface area contributed by atoms with Crippen LogP contribution in [0.1, 0.15) is 12.5 Å². The second kappa shape index (κ2) is 9.27. The lowest BCUT2D eigenvalue weighted by molar-refractivity contribution is -0.387. The Balaban J connectivity index is 2.80. The van der Waals surface area contributed by atoms with Crippen LogP contribution in [0, 0.1) is 10.1 Å². The zero-order valence-corrected chi connectivity index (χ0v) is 13.0. The van der Waals surface area contributed by atoms with Crippen molar-refractivity contribution in [2.45, 2.75) is 11.8 Å². The number of nitro benzene ring substituents is 1. The molecule has 1 aromatic rings. The Bertz CT molecular complexity index is 537. The molecule has 1 rings (SSSR count). The van der Waals surface area contributed by atoms with Gasteiger partial charge in [-0.25, -0.2) is 0 Å². The van der Waals surface area contributed by atoms with Crippen molar-refractivity contribution in [3.63, 3.8) is 0 Å². The van der Waals surface area contributed by atoms with E-state index in [9.17, 15) is 10.1 Å². The van der Waals surface area contributed by atoms with E-state index < -0.39 is 4.92 Å². The fourth-order valence-corrected chi connectivity index (χ4v) is 2.35. The minimum atomic E-state index is -0.451. The molecule has 21 heavy (non-hydrogen) atoms. The molecule has 114 valence electrons. The van der Waals surface area contributed by atoms with Gasteiger partial charge in [-0.05, 0) is 25.2 Å². The molecule has 0 bridgehead atoms. The molecule has 0 aliphatic heterocycles. The van der Waals surface area contributed by atoms with Crippen LogP contribution in [0.4, 0.5) is 5.69 Å². The first kappa shape index (κ1) is 17.3. The highest BCUT2D eigenvalue weighted by Gasteiger charge is 2.14. The molecular weight excluding hydrogens is 312 g/mol. The predicted molar refractivity (Wildman–Crippen MR) is 87.9 cm³/mol. The van der Waals surface area contributed by atoms with Gasteiger partial charge in [0.1, 0.15) is 0 Å². The second-order valence-electron chi connectivity index (χ2n) is 3.79. The van der Waals surface area contributed by atoms with Crippen LogP contribution in [0.25, 0.3) is 0 Å². The van der Waals surface area contributed by atoms with Crippen molar-refractivity contribution in [1.29, 1.82) is 0 Å². The van der Waals surface area contributed by atoms with Gasteiger partial charge in [0, 0.05) is 23.9 Å². The fourth-order valence-electron chi connectivity index (χ4n) is 1.40. The molecule has 0 unspecified atom stereocenters. The maximum Gasteiger partial charge on any atom is 0.283 e. The van der Waals surface area contributed by atoms with Crippen molar-refractivity contribution in [2.75, 3.05) is 18.9 Å². The van der Waals surface area contributed by atoms with E-state index >= 15 is 0 Å². The molecule has 0 aromatic heterocycles. The standard InChI is InChI=1S/C12H16N4O3S2/c1-2-13-12(20)15-14-8-9-3-4-11(21-6-5-17)10(7-9)16(18)19/h3-4,7-8,17H,2,5-6H2,1H3,(H2,13,15,20)/b14-8-. The summed E-state index contributed by atoms with van der Waals surface area (Å²) in [5.74, 6) is 0.410. The van der Waals surface area contributed by atoms with Crippen molar-refractivity contribution in [2.24, 2.45) is 5.10 Å². The summed E-state index contributed by atoms with van der Waals surface area (Å²) in [6, 6.07) is 4.79. The minimum Gasteiger partial charge on any atom is -0.396 e. The summed E-state index contributed by atoms with van der Waals surface area (Å²) in [6.07, 6.45) is 1.46. The molecule has 0 fully saturated rings. The number of nitrogens with zero attached hydrogens (tertiary/aromatic N) is 2. The predicted octanol–water partition coefficient (Wildman–Crippen LogP) is 1.50. The first-order valence-corrected chi connectivity index (χ1v) is 7.56. The molecule has 0 aliphatic rings. The van der Waals surface area contributed by atoms with Crippen molar-refractivity contribution < 1.29 is 10.0 Å². The third kappa shape index (κ3) is 6.06. The van der Waals surface area contributed by atoms with E-state index in [4.69, 9.17) is 17.3 Å². The number of hydrogen-bond acceptors (Lipinski definition) is 6. The highest BCUT2D eigenvalue weighted by molar-refractivity contribution is 7.99. The summed E-state index contributed by atoms with van der Waals surface area (Å²) in [5.41, 5.74) is 3.19. The highest BCUT2D eigenvalue weighted by Crippen LogP contribution is 2.29. The summed E-state index contributed by atoms with van der Waals surface area (Å²) in [5, 5.41) is 27.0. The molecule has 0 spiro atoms. The SMILES string of the molecule is CCNC(=S)N/N=C\c1ccc(SCCO)c([N+](=O)[O-])c1. The average Bonchev–Trinajstić information content (AvgIpc) is 2.46. The van der Waals surface area contributed by atoms with Gasteiger partial charge in [0.05, 0.1) is 22.6 Å². The third-order valence-electron chi connectivity index (χ3n) is 2.25. The molecule has 3 N–H and O–H groups in total. The van der Waals surface area contributed by atoms with Gasteiger partial charge in [0.2, 0.25) is 0 Å². The van der Waals surface area contributed by atoms with E-state index in [-0.39, 0.29) is 12.3 Å². The van der Waals surface area contributed by atoms with Crippen molar-refractivity contribution in [3.05, 3.63) is 33.9 Å². The smallest absolute Gasteiger partial charge is 0.283 e. The van der Waals surface area contributed by atoms with Gasteiger partial charge in [0.25, 0.3) is 5.69 Å². The number of rotatable bonds is 7. The maximum atomic E-state index is 11.0. The van der Waals surface area contributed by atoms with E-state index in [1.807, 2.05) is 6.92 Å². The zero-order valence-electron chi connectivity index (χ0n) is 11.4. The summed E-state index contributed by atoms with van der Waals surface area (Å²) < 4.78 is 0. The summed E-state index contributed by atoms with van der Waals surface area (Å²) in [6.45, 7) is 2.56. The van der Waals surface area contributed by atoms with Gasteiger partial charge in [-0.2, -0.15) is 5.10 Å². The molecule has 0 aliphatic carbocycles. The summed E-state index contributed by atoms with van der Waals surface area (Å²) in [4.78, 5) is 11.1. The zero-order chi connectivity index (χ0) is 15.7. The van der Waals surface area contributed by atoms with E-state index in [0.29, 0.717) is 27.9 Å². The number of nitrogens with one attached hydrogen (secondary N) is 2. The van der Waals surface area contributed by atoms with Gasteiger partial charge in [0.15, 0.2) is 5.11 Å². The van der Waals surface area contributed by atoms with Gasteiger partial charge in [-0.1, -0.05) is 6.07 Å². The van der Waals surface area contributed by atoms with Gasteiger partial charge < -0.3 is 10.4 Å². The lowest BCUT2D eigenvalue weighted by Gasteiger charge is -2.04. The van der Waals surface area contributed by atoms with Crippen LogP contribution in [0.5, 0.6) is 0 Å². The van der Waals surface area contributed by atoms with Crippen LogP contribution in [-0.2, 0) is 0 Å². The lowest BCUT2D eigenvalue weighted by Crippen LogP contribution is -2.31. The van der Waals surface area contributed by atoms with Gasteiger partial charge in [-0.3, -0.25) is 15.5 Å². The molecule has 0 saturated carbocycles. The first-order chi connectivity index (χ1) is 10.1. The maximum absolute atomic E-state index is 11.0. The number of hydrazone groups is 1. The largest absolute Gasteiger partial charge is 0.396 e. The molecule has 1 aromatic carbocycles. The minimum absolute atomic E-state index is 0.00772. The van der Waals surface area contributed by atoms with Crippen LogP contribution in [0.3, 0.4) is 0 Å². The number of aliphatic hydroxyl groups excluding tert-OH is 1. The first-order valence-electron chi connectivity index (χ1n) is 6.17. The molecule has 0 atom stereocenters. The van der Waals surface area contributed by atoms with Crippen LogP contribution in [-0.4, -0.2) is 40.3 Å². The van der Waals surface area contributed by atoms with Crippen molar-refractivity contribution >= 4 is 41.0 Å². The Morgan fingerprint density at radius 1 is 1.62 bits per heavy atom. The molecule has 0 amide bonds. The van der Waals surface area contributed by atoms with Gasteiger partial charge in [-0.15, -0.1) is 11.8 Å². The lowest BCUT2D eigenvalue weighted by atomic mass is 10.2. The number of hydrogen-bond donors (Lipinski definition) is 3. The molecule has 7 nitrogen and oxygen atoms in total. The topological polar surface area (TPSA) is 99.8 Å². The van der Waals surface area contributed by atoms with E-state index in [1.165, 1.54) is 24.0 Å². The Hall–Kier alpha value is -1.71. The average molecular weight is 328 g/mol. The van der Waals surface area contributed by atoms with Crippen LogP contribution in [0.2, 0.25) is 0 Å². The van der Waals surface area contributed by atoms with Crippen LogP contribution in [0.15, 0.2) is 28.2 Å². The third-order valence-corrected chi connectivity index (χ3v) is 3.52. The molecule has 0 saturated heterocycles. The number of aliphatic hydroxyl groups is 1. The number of nitro groups is 1. The number of thioether (sulfide) groups is 1. The quantitative estimate of drug-likeness (QED) is 0.229. The Morgan fingerprint density at radius 2 is 2.38 bits per heavy atom. The Morgan fingerprint density at radius 3 is 3.00 bits per heavy atom. The van der Waals surface area contributed by atoms with Crippen LogP contribution >= 0.6 is 24.0 Å². The summed E-state index contributed by atoms with van der Waals surface area (Å²) >= 11 is 6.17. The Labute approximate surface area is 132 Å². The van der Waals surface area contributed by atoms with Gasteiger partial charge >= 0.3 is 0 Å². The second-order valence-corrected chi connectivity index (χ2v) is 5.33. The highest BCUT2D eigenvalue weighted by atomic mass is 32.2. The van der Waals surface area contributed by atoms with E-state index in [1.54, 1.807) is 12.1 Å². The van der Waals surface area contributed by atoms with Crippen molar-refractivity contribution in [1.82, 2.24) is 10.7 Å². The normalized spacial score (nSPS) is 10.6.